The van der Waals surface area contributed by atoms with Gasteiger partial charge in [-0.05, 0) is 31.5 Å². The van der Waals surface area contributed by atoms with Crippen LogP contribution in [0.4, 0.5) is 0 Å². The van der Waals surface area contributed by atoms with E-state index in [1.54, 1.807) is 38.1 Å². The predicted octanol–water partition coefficient (Wildman–Crippen LogP) is 0.855. The normalized spacial score (nSPS) is 31.0. The Morgan fingerprint density at radius 1 is 1.32 bits per heavy atom. The van der Waals surface area contributed by atoms with Crippen LogP contribution in [-0.2, 0) is 23.3 Å². The molecule has 10 heteroatoms. The minimum absolute atomic E-state index is 0.325. The molecule has 1 aromatic rings. The van der Waals surface area contributed by atoms with Gasteiger partial charge in [-0.2, -0.15) is 0 Å². The first kappa shape index (κ1) is 18.5. The lowest BCUT2D eigenvalue weighted by Gasteiger charge is -2.24. The zero-order valence-electron chi connectivity index (χ0n) is 13.7. The summed E-state index contributed by atoms with van der Waals surface area (Å²) in [5.74, 6) is -1.44. The molecular weight excluding hydrogens is 353 g/mol. The van der Waals surface area contributed by atoms with E-state index in [1.165, 1.54) is 0 Å². The van der Waals surface area contributed by atoms with E-state index in [2.05, 4.69) is 4.52 Å². The number of benzene rings is 1. The average molecular weight is 373 g/mol. The highest BCUT2D eigenvalue weighted by atomic mass is 31.2. The first-order chi connectivity index (χ1) is 11.6. The number of carbonyl (C=O) groups is 1. The van der Waals surface area contributed by atoms with E-state index < -0.39 is 43.9 Å². The van der Waals surface area contributed by atoms with Crippen molar-refractivity contribution in [3.05, 3.63) is 35.4 Å². The van der Waals surface area contributed by atoms with Crippen LogP contribution in [0, 0.1) is 0 Å². The molecule has 2 aliphatic heterocycles. The zero-order valence-corrected chi connectivity index (χ0v) is 14.6. The van der Waals surface area contributed by atoms with Crippen LogP contribution in [0.25, 0.3) is 0 Å². The molecule has 0 radical (unpaired) electrons. The Bertz CT molecular complexity index is 717. The average Bonchev–Trinajstić information content (AvgIpc) is 2.97. The van der Waals surface area contributed by atoms with Gasteiger partial charge in [0.1, 0.15) is 24.4 Å². The fraction of sp³-hybridized carbons (Fsp3) is 0.533. The van der Waals surface area contributed by atoms with Crippen molar-refractivity contribution < 1.29 is 37.9 Å². The molecule has 0 aliphatic carbocycles. The molecule has 2 heterocycles. The molecule has 2 aliphatic rings. The van der Waals surface area contributed by atoms with Crippen LogP contribution >= 0.6 is 7.82 Å². The van der Waals surface area contributed by atoms with Gasteiger partial charge in [0.2, 0.25) is 5.91 Å². The number of hydrogen-bond donors (Lipinski definition) is 3. The summed E-state index contributed by atoms with van der Waals surface area (Å²) in [4.78, 5) is 29.2. The molecule has 2 fully saturated rings. The van der Waals surface area contributed by atoms with E-state index in [1.807, 2.05) is 0 Å². The fourth-order valence-corrected chi connectivity index (χ4v) is 3.47. The Kier molecular flexibility index (Phi) is 4.76. The molecule has 0 spiro atoms. The topological polar surface area (TPSA) is 138 Å². The van der Waals surface area contributed by atoms with Crippen LogP contribution in [0.1, 0.15) is 35.9 Å². The second-order valence-electron chi connectivity index (χ2n) is 6.44. The van der Waals surface area contributed by atoms with Crippen molar-refractivity contribution in [2.75, 3.05) is 6.61 Å². The van der Waals surface area contributed by atoms with Gasteiger partial charge in [-0.25, -0.2) is 4.57 Å². The van der Waals surface area contributed by atoms with Crippen LogP contribution in [0.2, 0.25) is 0 Å². The number of rotatable bonds is 5. The summed E-state index contributed by atoms with van der Waals surface area (Å²) in [6.07, 6.45) is -2.40. The number of carbonyl (C=O) groups excluding carboxylic acids is 1. The van der Waals surface area contributed by atoms with Gasteiger partial charge >= 0.3 is 7.82 Å². The summed E-state index contributed by atoms with van der Waals surface area (Å²) in [6.45, 7) is 3.13. The minimum Gasteiger partial charge on any atom is -0.366 e. The SMILES string of the molecule is CC1(C)OC2[C@@H](c3cccc(C(N)=O)c3)O[C@@H](COP(=O)(O)O)[C@H]2O1. The second-order valence-corrected chi connectivity index (χ2v) is 7.68. The maximum absolute atomic E-state index is 11.4. The predicted molar refractivity (Wildman–Crippen MR) is 84.4 cm³/mol. The Labute approximate surface area is 144 Å². The molecule has 9 nitrogen and oxygen atoms in total. The summed E-state index contributed by atoms with van der Waals surface area (Å²) in [7, 11) is -4.64. The molecular formula is C15H20NO8P. The molecule has 0 aromatic heterocycles. The first-order valence-electron chi connectivity index (χ1n) is 7.67. The molecule has 138 valence electrons. The van der Waals surface area contributed by atoms with Crippen molar-refractivity contribution in [3.63, 3.8) is 0 Å². The third kappa shape index (κ3) is 4.09. The number of phosphoric acid groups is 1. The van der Waals surface area contributed by atoms with Crippen molar-refractivity contribution in [2.45, 2.75) is 44.1 Å². The van der Waals surface area contributed by atoms with Crippen molar-refractivity contribution in [2.24, 2.45) is 5.73 Å². The zero-order chi connectivity index (χ0) is 18.4. The monoisotopic (exact) mass is 373 g/mol. The van der Waals surface area contributed by atoms with Crippen molar-refractivity contribution in [3.8, 4) is 0 Å². The lowest BCUT2D eigenvalue weighted by molar-refractivity contribution is -0.190. The molecule has 1 amide bonds. The van der Waals surface area contributed by atoms with Crippen LogP contribution in [0.5, 0.6) is 0 Å². The number of phosphoric ester groups is 1. The third-order valence-corrected chi connectivity index (χ3v) is 4.54. The summed E-state index contributed by atoms with van der Waals surface area (Å²) in [5, 5.41) is 0. The lowest BCUT2D eigenvalue weighted by atomic mass is 10.00. The Balaban J connectivity index is 1.86. The van der Waals surface area contributed by atoms with Crippen molar-refractivity contribution in [1.82, 2.24) is 0 Å². The number of primary amides is 1. The molecule has 2 saturated heterocycles. The summed E-state index contributed by atoms with van der Waals surface area (Å²) in [6, 6.07) is 6.62. The van der Waals surface area contributed by atoms with Gasteiger partial charge in [-0.1, -0.05) is 12.1 Å². The maximum atomic E-state index is 11.4. The summed E-state index contributed by atoms with van der Waals surface area (Å²) < 4.78 is 33.1. The van der Waals surface area contributed by atoms with Crippen LogP contribution in [-0.4, -0.2) is 46.4 Å². The highest BCUT2D eigenvalue weighted by molar-refractivity contribution is 7.46. The molecule has 4 atom stereocenters. The van der Waals surface area contributed by atoms with Crippen molar-refractivity contribution >= 4 is 13.7 Å². The summed E-state index contributed by atoms with van der Waals surface area (Å²) in [5.41, 5.74) is 6.30. The van der Waals surface area contributed by atoms with E-state index in [-0.39, 0.29) is 6.61 Å². The van der Waals surface area contributed by atoms with Crippen molar-refractivity contribution in [1.29, 1.82) is 0 Å². The van der Waals surface area contributed by atoms with E-state index in [0.717, 1.165) is 0 Å². The highest BCUT2D eigenvalue weighted by Gasteiger charge is 2.55. The molecule has 1 unspecified atom stereocenters. The number of fused-ring (bicyclic) bond motifs is 1. The fourth-order valence-electron chi connectivity index (χ4n) is 3.12. The quantitative estimate of drug-likeness (QED) is 0.646. The van der Waals surface area contributed by atoms with Gasteiger partial charge in [0.15, 0.2) is 5.79 Å². The smallest absolute Gasteiger partial charge is 0.366 e. The standard InChI is InChI=1S/C15H20NO8P/c1-15(2)23-12-10(7-21-25(18,19)20)22-11(13(12)24-15)8-4-3-5-9(6-8)14(16)17/h3-6,10-13H,7H2,1-2H3,(H2,16,17)(H2,18,19,20)/t10-,11+,12+,13?/m0/s1. The summed E-state index contributed by atoms with van der Waals surface area (Å²) >= 11 is 0. The van der Waals surface area contributed by atoms with Crippen LogP contribution in [0.3, 0.4) is 0 Å². The largest absolute Gasteiger partial charge is 0.469 e. The first-order valence-corrected chi connectivity index (χ1v) is 9.20. The number of ether oxygens (including phenoxy) is 3. The Hall–Kier alpha value is -1.32. The molecule has 1 aromatic carbocycles. The van der Waals surface area contributed by atoms with E-state index in [0.29, 0.717) is 11.1 Å². The molecule has 4 N–H and O–H groups in total. The third-order valence-electron chi connectivity index (χ3n) is 4.06. The van der Waals surface area contributed by atoms with Gasteiger partial charge < -0.3 is 29.7 Å². The Morgan fingerprint density at radius 3 is 2.64 bits per heavy atom. The van der Waals surface area contributed by atoms with Gasteiger partial charge in [0.05, 0.1) is 6.61 Å². The maximum Gasteiger partial charge on any atom is 0.469 e. The van der Waals surface area contributed by atoms with Gasteiger partial charge in [0, 0.05) is 5.56 Å². The number of amides is 1. The molecule has 0 saturated carbocycles. The van der Waals surface area contributed by atoms with Gasteiger partial charge in [-0.15, -0.1) is 0 Å². The number of nitrogens with two attached hydrogens (primary N) is 1. The van der Waals surface area contributed by atoms with Crippen LogP contribution in [0.15, 0.2) is 24.3 Å². The Morgan fingerprint density at radius 2 is 2.00 bits per heavy atom. The number of hydrogen-bond acceptors (Lipinski definition) is 6. The lowest BCUT2D eigenvalue weighted by Crippen LogP contribution is -2.32. The minimum atomic E-state index is -4.64. The van der Waals surface area contributed by atoms with E-state index in [9.17, 15) is 9.36 Å². The second kappa shape index (κ2) is 6.44. The van der Waals surface area contributed by atoms with Crippen LogP contribution < -0.4 is 5.73 Å². The van der Waals surface area contributed by atoms with E-state index >= 15 is 0 Å². The van der Waals surface area contributed by atoms with Gasteiger partial charge in [-0.3, -0.25) is 9.32 Å². The van der Waals surface area contributed by atoms with Gasteiger partial charge in [0.25, 0.3) is 0 Å². The molecule has 3 rings (SSSR count). The molecule has 0 bridgehead atoms. The molecule has 25 heavy (non-hydrogen) atoms. The van der Waals surface area contributed by atoms with E-state index in [4.69, 9.17) is 29.7 Å². The highest BCUT2D eigenvalue weighted by Crippen LogP contribution is 2.46.